The molecule has 2 saturated heterocycles. The number of carbonyl (C=O) groups excluding carboxylic acids is 1. The summed E-state index contributed by atoms with van der Waals surface area (Å²) < 4.78 is 2.08. The minimum atomic E-state index is -0.0974. The lowest BCUT2D eigenvalue weighted by atomic mass is 10.1. The first-order valence-electron chi connectivity index (χ1n) is 12.4. The Labute approximate surface area is 196 Å². The third-order valence-corrected chi connectivity index (χ3v) is 7.52. The number of carbonyl (C=O) groups is 1. The van der Waals surface area contributed by atoms with Crippen molar-refractivity contribution in [1.29, 1.82) is 0 Å². The molecule has 33 heavy (non-hydrogen) atoms. The van der Waals surface area contributed by atoms with Gasteiger partial charge in [0.1, 0.15) is 0 Å². The first-order valence-corrected chi connectivity index (χ1v) is 12.4. The predicted molar refractivity (Wildman–Crippen MR) is 135 cm³/mol. The van der Waals surface area contributed by atoms with Crippen LogP contribution in [-0.4, -0.2) is 52.6 Å². The van der Waals surface area contributed by atoms with E-state index in [2.05, 4.69) is 57.6 Å². The number of aryl methyl sites for hydroxylation is 2. The van der Waals surface area contributed by atoms with Crippen LogP contribution in [0, 0.1) is 12.8 Å². The van der Waals surface area contributed by atoms with E-state index in [0.29, 0.717) is 5.56 Å². The molecule has 0 saturated carbocycles. The van der Waals surface area contributed by atoms with Crippen molar-refractivity contribution in [3.05, 3.63) is 53.9 Å². The number of benzene rings is 2. The van der Waals surface area contributed by atoms with Gasteiger partial charge in [-0.3, -0.25) is 4.79 Å². The molecule has 0 spiro atoms. The van der Waals surface area contributed by atoms with Crippen LogP contribution in [0.25, 0.3) is 11.0 Å². The van der Waals surface area contributed by atoms with E-state index in [4.69, 9.17) is 0 Å². The summed E-state index contributed by atoms with van der Waals surface area (Å²) in [7, 11) is 0. The fourth-order valence-electron chi connectivity index (χ4n) is 5.45. The molecule has 174 valence electrons. The van der Waals surface area contributed by atoms with Crippen LogP contribution in [-0.2, 0) is 6.54 Å². The van der Waals surface area contributed by atoms with Gasteiger partial charge in [-0.1, -0.05) is 0 Å². The molecule has 5 rings (SSSR count). The summed E-state index contributed by atoms with van der Waals surface area (Å²) in [5.74, 6) is 0.649. The summed E-state index contributed by atoms with van der Waals surface area (Å²) in [6.45, 7) is 12.1. The Morgan fingerprint density at radius 2 is 2.03 bits per heavy atom. The van der Waals surface area contributed by atoms with Crippen molar-refractivity contribution in [3.63, 3.8) is 0 Å². The highest BCUT2D eigenvalue weighted by atomic mass is 16.1. The van der Waals surface area contributed by atoms with Gasteiger partial charge in [0.05, 0.1) is 17.4 Å². The Balaban J connectivity index is 1.23. The summed E-state index contributed by atoms with van der Waals surface area (Å²) in [6, 6.07) is 12.9. The van der Waals surface area contributed by atoms with Crippen molar-refractivity contribution >= 4 is 28.3 Å². The molecule has 2 aliphatic heterocycles. The van der Waals surface area contributed by atoms with Crippen LogP contribution in [0.15, 0.2) is 42.7 Å². The molecule has 0 aliphatic carbocycles. The van der Waals surface area contributed by atoms with E-state index in [-0.39, 0.29) is 5.91 Å². The van der Waals surface area contributed by atoms with Crippen molar-refractivity contribution in [2.45, 2.75) is 52.6 Å². The Kier molecular flexibility index (Phi) is 6.11. The maximum absolute atomic E-state index is 12.9. The number of nitrogens with one attached hydrogen (secondary N) is 1. The standard InChI is InChI=1S/C27H35N5O/c1-4-30-18-28-25-15-22(7-10-26(25)30)27(33)29-24-9-8-23(14-19(24)2)32-13-11-21(17-32)16-31-12-5-6-20(31)3/h7-10,14-15,18,20-21H,4-6,11-13,16-17H2,1-3H3,(H,29,33). The lowest BCUT2D eigenvalue weighted by Gasteiger charge is -2.25. The van der Waals surface area contributed by atoms with Crippen LogP contribution >= 0.6 is 0 Å². The van der Waals surface area contributed by atoms with E-state index in [1.807, 2.05) is 30.6 Å². The lowest BCUT2D eigenvalue weighted by Crippen LogP contribution is -2.33. The topological polar surface area (TPSA) is 53.4 Å². The minimum Gasteiger partial charge on any atom is -0.371 e. The zero-order valence-corrected chi connectivity index (χ0v) is 20.1. The number of anilines is 2. The molecule has 6 heteroatoms. The zero-order chi connectivity index (χ0) is 22.9. The van der Waals surface area contributed by atoms with Crippen LogP contribution in [0.1, 0.15) is 49.0 Å². The molecule has 0 bridgehead atoms. The largest absolute Gasteiger partial charge is 0.371 e. The van der Waals surface area contributed by atoms with Crippen molar-refractivity contribution in [2.24, 2.45) is 5.92 Å². The second kappa shape index (κ2) is 9.18. The number of likely N-dealkylation sites (tertiary alicyclic amines) is 1. The first-order chi connectivity index (χ1) is 16.0. The maximum atomic E-state index is 12.9. The number of hydrogen-bond donors (Lipinski definition) is 1. The average Bonchev–Trinajstić information content (AvgIpc) is 3.55. The van der Waals surface area contributed by atoms with Gasteiger partial charge in [0, 0.05) is 49.2 Å². The van der Waals surface area contributed by atoms with Gasteiger partial charge in [-0.05, 0) is 94.5 Å². The van der Waals surface area contributed by atoms with Crippen molar-refractivity contribution in [3.8, 4) is 0 Å². The zero-order valence-electron chi connectivity index (χ0n) is 20.1. The van der Waals surface area contributed by atoms with Crippen LogP contribution in [0.2, 0.25) is 0 Å². The highest BCUT2D eigenvalue weighted by Gasteiger charge is 2.28. The summed E-state index contributed by atoms with van der Waals surface area (Å²) in [6.07, 6.45) is 5.78. The second-order valence-electron chi connectivity index (χ2n) is 9.77. The average molecular weight is 446 g/mol. The molecule has 1 amide bonds. The number of fused-ring (bicyclic) bond motifs is 1. The van der Waals surface area contributed by atoms with Crippen molar-refractivity contribution in [1.82, 2.24) is 14.5 Å². The van der Waals surface area contributed by atoms with Crippen LogP contribution < -0.4 is 10.2 Å². The van der Waals surface area contributed by atoms with Gasteiger partial charge >= 0.3 is 0 Å². The van der Waals surface area contributed by atoms with Crippen LogP contribution in [0.5, 0.6) is 0 Å². The van der Waals surface area contributed by atoms with E-state index < -0.39 is 0 Å². The monoisotopic (exact) mass is 445 g/mol. The van der Waals surface area contributed by atoms with E-state index >= 15 is 0 Å². The molecule has 1 N–H and O–H groups in total. The van der Waals surface area contributed by atoms with Gasteiger partial charge < -0.3 is 19.7 Å². The Bertz CT molecular complexity index is 1150. The molecule has 6 nitrogen and oxygen atoms in total. The van der Waals surface area contributed by atoms with Crippen molar-refractivity contribution in [2.75, 3.05) is 36.4 Å². The number of hydrogen-bond acceptors (Lipinski definition) is 4. The second-order valence-corrected chi connectivity index (χ2v) is 9.77. The third-order valence-electron chi connectivity index (χ3n) is 7.52. The summed E-state index contributed by atoms with van der Waals surface area (Å²) in [4.78, 5) is 22.5. The van der Waals surface area contributed by atoms with Crippen molar-refractivity contribution < 1.29 is 4.79 Å². The Morgan fingerprint density at radius 1 is 1.15 bits per heavy atom. The SMILES string of the molecule is CCn1cnc2cc(C(=O)Nc3ccc(N4CCC(CN5CCCC5C)C4)cc3C)ccc21. The molecule has 3 aromatic rings. The predicted octanol–water partition coefficient (Wildman–Crippen LogP) is 4.93. The smallest absolute Gasteiger partial charge is 0.255 e. The van der Waals surface area contributed by atoms with Gasteiger partial charge in [-0.25, -0.2) is 4.98 Å². The Hall–Kier alpha value is -2.86. The summed E-state index contributed by atoms with van der Waals surface area (Å²) in [5.41, 5.74) is 5.75. The van der Waals surface area contributed by atoms with Crippen LogP contribution in [0.3, 0.4) is 0 Å². The van der Waals surface area contributed by atoms with Gasteiger partial charge in [0.25, 0.3) is 5.91 Å². The normalized spacial score (nSPS) is 21.2. The summed E-state index contributed by atoms with van der Waals surface area (Å²) >= 11 is 0. The molecule has 0 radical (unpaired) electrons. The highest BCUT2D eigenvalue weighted by molar-refractivity contribution is 6.06. The van der Waals surface area contributed by atoms with Gasteiger partial charge in [0.15, 0.2) is 0 Å². The quantitative estimate of drug-likeness (QED) is 0.585. The van der Waals surface area contributed by atoms with Crippen LogP contribution in [0.4, 0.5) is 11.4 Å². The number of imidazole rings is 1. The number of nitrogens with zero attached hydrogens (tertiary/aromatic N) is 4. The molecular weight excluding hydrogens is 410 g/mol. The highest BCUT2D eigenvalue weighted by Crippen LogP contribution is 2.29. The molecule has 1 aromatic heterocycles. The fraction of sp³-hybridized carbons (Fsp3) is 0.481. The van der Waals surface area contributed by atoms with Gasteiger partial charge in [-0.2, -0.15) is 0 Å². The number of amides is 1. The molecule has 2 atom stereocenters. The van der Waals surface area contributed by atoms with Gasteiger partial charge in [-0.15, -0.1) is 0 Å². The molecule has 2 fully saturated rings. The molecular formula is C27H35N5O. The molecule has 2 unspecified atom stereocenters. The lowest BCUT2D eigenvalue weighted by molar-refractivity contribution is 0.102. The molecule has 3 heterocycles. The van der Waals surface area contributed by atoms with E-state index in [1.54, 1.807) is 0 Å². The van der Waals surface area contributed by atoms with Gasteiger partial charge in [0.2, 0.25) is 0 Å². The maximum Gasteiger partial charge on any atom is 0.255 e. The number of rotatable bonds is 6. The molecule has 2 aliphatic rings. The summed E-state index contributed by atoms with van der Waals surface area (Å²) in [5, 5.41) is 3.09. The molecule has 2 aromatic carbocycles. The van der Waals surface area contributed by atoms with E-state index in [1.165, 1.54) is 38.0 Å². The third kappa shape index (κ3) is 4.49. The Morgan fingerprint density at radius 3 is 2.79 bits per heavy atom. The fourth-order valence-corrected chi connectivity index (χ4v) is 5.45. The minimum absolute atomic E-state index is 0.0974. The van der Waals surface area contributed by atoms with E-state index in [9.17, 15) is 4.79 Å². The number of aromatic nitrogens is 2. The van der Waals surface area contributed by atoms with E-state index in [0.717, 1.165) is 53.9 Å². The first kappa shape index (κ1) is 22.0.